The van der Waals surface area contributed by atoms with E-state index in [1.807, 2.05) is 9.80 Å². The number of hydrogen-bond donors (Lipinski definition) is 1. The molecule has 2 aromatic heterocycles. The van der Waals surface area contributed by atoms with Gasteiger partial charge in [0.15, 0.2) is 5.65 Å². The number of carbonyl (C=O) groups excluding carboxylic acids is 2. The lowest BCUT2D eigenvalue weighted by atomic mass is 9.83. The van der Waals surface area contributed by atoms with Crippen molar-refractivity contribution in [2.24, 2.45) is 11.7 Å². The summed E-state index contributed by atoms with van der Waals surface area (Å²) in [5.41, 5.74) is 6.78. The minimum atomic E-state index is -0.0329. The van der Waals surface area contributed by atoms with Gasteiger partial charge in [0, 0.05) is 51.0 Å². The summed E-state index contributed by atoms with van der Waals surface area (Å²) in [5, 5.41) is 4.20. The smallest absolute Gasteiger partial charge is 0.259 e. The Hall–Kier alpha value is -2.48. The normalized spacial score (nSPS) is 23.8. The number of nitrogens with two attached hydrogens (primary N) is 1. The molecule has 4 rings (SSSR count). The zero-order chi connectivity index (χ0) is 17.4. The highest BCUT2D eigenvalue weighted by Crippen LogP contribution is 2.31. The first-order valence-electron chi connectivity index (χ1n) is 8.76. The van der Waals surface area contributed by atoms with Crippen LogP contribution in [0.1, 0.15) is 29.6 Å². The van der Waals surface area contributed by atoms with Gasteiger partial charge in [-0.05, 0) is 24.8 Å². The van der Waals surface area contributed by atoms with E-state index >= 15 is 0 Å². The number of amides is 2. The van der Waals surface area contributed by atoms with Crippen molar-refractivity contribution in [3.8, 4) is 0 Å². The molecule has 132 valence electrons. The molecule has 2 aromatic rings. The maximum absolute atomic E-state index is 13.0. The Morgan fingerprint density at radius 1 is 1.36 bits per heavy atom. The zero-order valence-electron chi connectivity index (χ0n) is 14.0. The Balaban J connectivity index is 1.52. The van der Waals surface area contributed by atoms with Gasteiger partial charge in [-0.3, -0.25) is 9.59 Å². The molecule has 0 aromatic carbocycles. The van der Waals surface area contributed by atoms with Gasteiger partial charge in [-0.15, -0.1) is 0 Å². The molecule has 0 aliphatic carbocycles. The predicted molar refractivity (Wildman–Crippen MR) is 90.8 cm³/mol. The van der Waals surface area contributed by atoms with Gasteiger partial charge in [0.2, 0.25) is 5.91 Å². The summed E-state index contributed by atoms with van der Waals surface area (Å²) in [6.45, 7) is 2.39. The number of piperidine rings is 2. The Labute approximate surface area is 145 Å². The van der Waals surface area contributed by atoms with E-state index in [1.54, 1.807) is 29.2 Å². The standard InChI is InChI=1S/C17H22N6O2/c18-5-9-22-14-4-8-21(11-12(14)2-3-15(22)24)17(25)13-10-20-23-7-1-6-19-16(13)23/h1,6-7,10,12,14H,2-5,8-9,11,18H2/t12-,14+/m0/s1. The van der Waals surface area contributed by atoms with Gasteiger partial charge in [0.25, 0.3) is 5.91 Å². The van der Waals surface area contributed by atoms with Crippen molar-refractivity contribution >= 4 is 17.5 Å². The largest absolute Gasteiger partial charge is 0.338 e. The van der Waals surface area contributed by atoms with Gasteiger partial charge in [-0.1, -0.05) is 0 Å². The molecule has 0 spiro atoms. The highest BCUT2D eigenvalue weighted by molar-refractivity contribution is 5.99. The van der Waals surface area contributed by atoms with Crippen molar-refractivity contribution in [3.63, 3.8) is 0 Å². The third-order valence-corrected chi connectivity index (χ3v) is 5.31. The maximum atomic E-state index is 13.0. The van der Waals surface area contributed by atoms with Crippen molar-refractivity contribution in [3.05, 3.63) is 30.2 Å². The first kappa shape index (κ1) is 16.0. The summed E-state index contributed by atoms with van der Waals surface area (Å²) in [6, 6.07) is 1.99. The Kier molecular flexibility index (Phi) is 4.12. The van der Waals surface area contributed by atoms with Crippen LogP contribution in [0.2, 0.25) is 0 Å². The fourth-order valence-electron chi connectivity index (χ4n) is 4.11. The van der Waals surface area contributed by atoms with Crippen molar-refractivity contribution in [2.45, 2.75) is 25.3 Å². The van der Waals surface area contributed by atoms with Crippen LogP contribution in [0.5, 0.6) is 0 Å². The second-order valence-corrected chi connectivity index (χ2v) is 6.73. The lowest BCUT2D eigenvalue weighted by Crippen LogP contribution is -2.57. The fourth-order valence-corrected chi connectivity index (χ4v) is 4.11. The highest BCUT2D eigenvalue weighted by Gasteiger charge is 2.40. The van der Waals surface area contributed by atoms with Gasteiger partial charge < -0.3 is 15.5 Å². The molecule has 2 atom stereocenters. The topological polar surface area (TPSA) is 96.8 Å². The molecule has 2 aliphatic rings. The van der Waals surface area contributed by atoms with Gasteiger partial charge >= 0.3 is 0 Å². The van der Waals surface area contributed by atoms with Crippen molar-refractivity contribution < 1.29 is 9.59 Å². The number of likely N-dealkylation sites (tertiary alicyclic amines) is 2. The molecular formula is C17H22N6O2. The van der Waals surface area contributed by atoms with E-state index in [-0.39, 0.29) is 17.9 Å². The Morgan fingerprint density at radius 3 is 3.08 bits per heavy atom. The van der Waals surface area contributed by atoms with Crippen LogP contribution < -0.4 is 5.73 Å². The molecule has 8 heteroatoms. The average Bonchev–Trinajstić information content (AvgIpc) is 3.07. The zero-order valence-corrected chi connectivity index (χ0v) is 14.0. The number of nitrogens with zero attached hydrogens (tertiary/aromatic N) is 5. The van der Waals surface area contributed by atoms with Gasteiger partial charge in [-0.25, -0.2) is 9.50 Å². The highest BCUT2D eigenvalue weighted by atomic mass is 16.2. The predicted octanol–water partition coefficient (Wildman–Crippen LogP) is 0.141. The lowest BCUT2D eigenvalue weighted by Gasteiger charge is -2.47. The second-order valence-electron chi connectivity index (χ2n) is 6.73. The first-order chi connectivity index (χ1) is 12.2. The van der Waals surface area contributed by atoms with Crippen LogP contribution in [0.4, 0.5) is 0 Å². The Morgan fingerprint density at radius 2 is 2.24 bits per heavy atom. The summed E-state index contributed by atoms with van der Waals surface area (Å²) in [6.07, 6.45) is 7.21. The average molecular weight is 342 g/mol. The number of aromatic nitrogens is 3. The molecule has 25 heavy (non-hydrogen) atoms. The number of rotatable bonds is 3. The van der Waals surface area contributed by atoms with E-state index in [0.717, 1.165) is 12.8 Å². The molecule has 4 heterocycles. The van der Waals surface area contributed by atoms with Gasteiger partial charge in [0.05, 0.1) is 6.20 Å². The molecule has 2 aliphatic heterocycles. The summed E-state index contributed by atoms with van der Waals surface area (Å²) < 4.78 is 1.61. The molecule has 2 amide bonds. The quantitative estimate of drug-likeness (QED) is 0.856. The molecular weight excluding hydrogens is 320 g/mol. The van der Waals surface area contributed by atoms with Gasteiger partial charge in [-0.2, -0.15) is 5.10 Å². The summed E-state index contributed by atoms with van der Waals surface area (Å²) >= 11 is 0. The molecule has 0 bridgehead atoms. The second kappa shape index (κ2) is 6.44. The third-order valence-electron chi connectivity index (χ3n) is 5.31. The van der Waals surface area contributed by atoms with E-state index in [0.29, 0.717) is 49.7 Å². The summed E-state index contributed by atoms with van der Waals surface area (Å²) in [5.74, 6) is 0.476. The van der Waals surface area contributed by atoms with Crippen LogP contribution in [0.3, 0.4) is 0 Å². The minimum Gasteiger partial charge on any atom is -0.338 e. The van der Waals surface area contributed by atoms with E-state index in [9.17, 15) is 9.59 Å². The van der Waals surface area contributed by atoms with Crippen LogP contribution in [0, 0.1) is 5.92 Å². The summed E-state index contributed by atoms with van der Waals surface area (Å²) in [7, 11) is 0. The van der Waals surface area contributed by atoms with Crippen molar-refractivity contribution in [2.75, 3.05) is 26.2 Å². The van der Waals surface area contributed by atoms with E-state index < -0.39 is 0 Å². The fraction of sp³-hybridized carbons (Fsp3) is 0.529. The Bertz CT molecular complexity index is 803. The van der Waals surface area contributed by atoms with Crippen LogP contribution in [0.25, 0.3) is 5.65 Å². The van der Waals surface area contributed by atoms with Crippen LogP contribution in [0.15, 0.2) is 24.7 Å². The molecule has 0 unspecified atom stereocenters. The number of carbonyl (C=O) groups is 2. The SMILES string of the molecule is NCCN1C(=O)CC[C@H]2CN(C(=O)c3cnn4cccnc34)CC[C@H]21. The maximum Gasteiger partial charge on any atom is 0.259 e. The minimum absolute atomic E-state index is 0.0329. The molecule has 2 fully saturated rings. The van der Waals surface area contributed by atoms with Crippen LogP contribution in [-0.4, -0.2) is 68.4 Å². The van der Waals surface area contributed by atoms with Crippen molar-refractivity contribution in [1.82, 2.24) is 24.4 Å². The molecule has 0 saturated carbocycles. The molecule has 0 radical (unpaired) electrons. The number of hydrogen-bond acceptors (Lipinski definition) is 5. The van der Waals surface area contributed by atoms with E-state index in [4.69, 9.17) is 5.73 Å². The third kappa shape index (κ3) is 2.76. The van der Waals surface area contributed by atoms with Crippen LogP contribution >= 0.6 is 0 Å². The van der Waals surface area contributed by atoms with Gasteiger partial charge in [0.1, 0.15) is 5.56 Å². The number of fused-ring (bicyclic) bond motifs is 2. The van der Waals surface area contributed by atoms with E-state index in [2.05, 4.69) is 10.1 Å². The lowest BCUT2D eigenvalue weighted by molar-refractivity contribution is -0.140. The van der Waals surface area contributed by atoms with Crippen LogP contribution in [-0.2, 0) is 4.79 Å². The summed E-state index contributed by atoms with van der Waals surface area (Å²) in [4.78, 5) is 33.2. The first-order valence-corrected chi connectivity index (χ1v) is 8.76. The van der Waals surface area contributed by atoms with Crippen molar-refractivity contribution in [1.29, 1.82) is 0 Å². The van der Waals surface area contributed by atoms with E-state index in [1.165, 1.54) is 0 Å². The molecule has 2 saturated heterocycles. The molecule has 8 nitrogen and oxygen atoms in total. The molecule has 2 N–H and O–H groups in total. The monoisotopic (exact) mass is 342 g/mol.